The highest BCUT2D eigenvalue weighted by molar-refractivity contribution is 5.53. The lowest BCUT2D eigenvalue weighted by Crippen LogP contribution is -2.44. The highest BCUT2D eigenvalue weighted by Crippen LogP contribution is 2.21. The van der Waals surface area contributed by atoms with E-state index in [4.69, 9.17) is 5.26 Å². The van der Waals surface area contributed by atoms with Crippen molar-refractivity contribution in [1.29, 1.82) is 5.26 Å². The summed E-state index contributed by atoms with van der Waals surface area (Å²) in [6, 6.07) is 8.84. The summed E-state index contributed by atoms with van der Waals surface area (Å²) in [5.74, 6) is 0. The predicted molar refractivity (Wildman–Crippen MR) is 70.2 cm³/mol. The van der Waals surface area contributed by atoms with Crippen LogP contribution in [0, 0.1) is 18.3 Å². The van der Waals surface area contributed by atoms with Crippen molar-refractivity contribution in [1.82, 2.24) is 5.32 Å². The molecule has 1 atom stereocenters. The van der Waals surface area contributed by atoms with Gasteiger partial charge in [-0.2, -0.15) is 5.26 Å². The molecule has 3 nitrogen and oxygen atoms in total. The summed E-state index contributed by atoms with van der Waals surface area (Å²) < 4.78 is 0. The lowest BCUT2D eigenvalue weighted by Gasteiger charge is -2.33. The number of rotatable bonds is 2. The Kier molecular flexibility index (Phi) is 3.65. The summed E-state index contributed by atoms with van der Waals surface area (Å²) in [5.41, 5.74) is 3.03. The van der Waals surface area contributed by atoms with Crippen LogP contribution in [0.2, 0.25) is 0 Å². The van der Waals surface area contributed by atoms with Gasteiger partial charge in [-0.25, -0.2) is 0 Å². The molecule has 1 aliphatic rings. The number of aryl methyl sites for hydroxylation is 1. The molecule has 2 rings (SSSR count). The van der Waals surface area contributed by atoms with Gasteiger partial charge in [0.2, 0.25) is 0 Å². The third-order valence-electron chi connectivity index (χ3n) is 3.56. The zero-order valence-corrected chi connectivity index (χ0v) is 10.5. The molecule has 0 saturated carbocycles. The molecule has 90 valence electrons. The number of nitriles is 1. The van der Waals surface area contributed by atoms with Crippen molar-refractivity contribution in [3.05, 3.63) is 29.3 Å². The lowest BCUT2D eigenvalue weighted by atomic mass is 10.0. The van der Waals surface area contributed by atoms with E-state index in [1.807, 2.05) is 19.1 Å². The van der Waals surface area contributed by atoms with Crippen molar-refractivity contribution in [2.75, 3.05) is 25.0 Å². The van der Waals surface area contributed by atoms with Crippen molar-refractivity contribution in [3.63, 3.8) is 0 Å². The van der Waals surface area contributed by atoms with Gasteiger partial charge in [0.25, 0.3) is 0 Å². The Morgan fingerprint density at radius 3 is 2.88 bits per heavy atom. The van der Waals surface area contributed by atoms with E-state index in [2.05, 4.69) is 29.4 Å². The smallest absolute Gasteiger partial charge is 0.0994 e. The highest BCUT2D eigenvalue weighted by atomic mass is 15.2. The summed E-state index contributed by atoms with van der Waals surface area (Å²) >= 11 is 0. The maximum atomic E-state index is 8.92. The Morgan fingerprint density at radius 1 is 1.47 bits per heavy atom. The molecule has 1 aromatic rings. The van der Waals surface area contributed by atoms with Crippen LogP contribution < -0.4 is 10.2 Å². The number of hydrogen-bond acceptors (Lipinski definition) is 3. The molecule has 17 heavy (non-hydrogen) atoms. The third-order valence-corrected chi connectivity index (χ3v) is 3.56. The lowest BCUT2D eigenvalue weighted by molar-refractivity contribution is 0.445. The maximum Gasteiger partial charge on any atom is 0.0994 e. The van der Waals surface area contributed by atoms with Crippen LogP contribution in [0.1, 0.15) is 24.0 Å². The predicted octanol–water partition coefficient (Wildman–Crippen LogP) is 2.05. The molecule has 0 aromatic heterocycles. The fourth-order valence-corrected chi connectivity index (χ4v) is 2.37. The normalized spacial score (nSPS) is 19.7. The van der Waals surface area contributed by atoms with Crippen LogP contribution in [-0.2, 0) is 0 Å². The first-order valence-electron chi connectivity index (χ1n) is 6.16. The minimum Gasteiger partial charge on any atom is -0.370 e. The summed E-state index contributed by atoms with van der Waals surface area (Å²) in [7, 11) is 2.14. The Hall–Kier alpha value is -1.53. The Balaban J connectivity index is 2.16. The standard InChI is InChI=1S/C14H19N3/c1-11-8-13(6-5-12(11)9-15)17(2)14-4-3-7-16-10-14/h5-6,8,14,16H,3-4,7,10H2,1-2H3. The van der Waals surface area contributed by atoms with Crippen LogP contribution in [0.15, 0.2) is 18.2 Å². The third kappa shape index (κ3) is 2.59. The van der Waals surface area contributed by atoms with Crippen molar-refractivity contribution in [3.8, 4) is 6.07 Å². The van der Waals surface area contributed by atoms with Crippen LogP contribution in [0.3, 0.4) is 0 Å². The summed E-state index contributed by atoms with van der Waals surface area (Å²) in [5, 5.41) is 12.4. The second-order valence-electron chi connectivity index (χ2n) is 4.72. The number of nitrogens with zero attached hydrogens (tertiary/aromatic N) is 2. The van der Waals surface area contributed by atoms with Gasteiger partial charge in [-0.05, 0) is 50.1 Å². The first-order valence-corrected chi connectivity index (χ1v) is 6.16. The van der Waals surface area contributed by atoms with E-state index in [9.17, 15) is 0 Å². The second kappa shape index (κ2) is 5.20. The molecule has 0 radical (unpaired) electrons. The van der Waals surface area contributed by atoms with E-state index >= 15 is 0 Å². The van der Waals surface area contributed by atoms with E-state index in [1.54, 1.807) is 0 Å². The minimum atomic E-state index is 0.566. The topological polar surface area (TPSA) is 39.1 Å². The fourth-order valence-electron chi connectivity index (χ4n) is 2.37. The van der Waals surface area contributed by atoms with Crippen LogP contribution in [0.4, 0.5) is 5.69 Å². The van der Waals surface area contributed by atoms with E-state index in [1.165, 1.54) is 18.5 Å². The summed E-state index contributed by atoms with van der Waals surface area (Å²) in [6.07, 6.45) is 2.48. The largest absolute Gasteiger partial charge is 0.370 e. The fraction of sp³-hybridized carbons (Fsp3) is 0.500. The van der Waals surface area contributed by atoms with Gasteiger partial charge in [0.05, 0.1) is 11.6 Å². The van der Waals surface area contributed by atoms with Gasteiger partial charge in [0.15, 0.2) is 0 Å². The zero-order valence-electron chi connectivity index (χ0n) is 10.5. The van der Waals surface area contributed by atoms with Gasteiger partial charge in [-0.3, -0.25) is 0 Å². The SMILES string of the molecule is Cc1cc(N(C)C2CCCNC2)ccc1C#N. The van der Waals surface area contributed by atoms with E-state index in [0.29, 0.717) is 6.04 Å². The van der Waals surface area contributed by atoms with Gasteiger partial charge < -0.3 is 10.2 Å². The molecule has 0 spiro atoms. The number of piperidine rings is 1. The Bertz CT molecular complexity index is 428. The highest BCUT2D eigenvalue weighted by Gasteiger charge is 2.18. The molecule has 1 aromatic carbocycles. The number of hydrogen-bond donors (Lipinski definition) is 1. The number of anilines is 1. The molecule has 1 unspecified atom stereocenters. The van der Waals surface area contributed by atoms with Crippen LogP contribution >= 0.6 is 0 Å². The van der Waals surface area contributed by atoms with E-state index in [-0.39, 0.29) is 0 Å². The average Bonchev–Trinajstić information content (AvgIpc) is 2.39. The molecule has 1 fully saturated rings. The quantitative estimate of drug-likeness (QED) is 0.843. The zero-order chi connectivity index (χ0) is 12.3. The van der Waals surface area contributed by atoms with Gasteiger partial charge in [0, 0.05) is 25.3 Å². The Morgan fingerprint density at radius 2 is 2.29 bits per heavy atom. The van der Waals surface area contributed by atoms with Crippen molar-refractivity contribution in [2.24, 2.45) is 0 Å². The molecular weight excluding hydrogens is 210 g/mol. The number of benzene rings is 1. The Labute approximate surface area is 103 Å². The van der Waals surface area contributed by atoms with E-state index in [0.717, 1.165) is 24.2 Å². The molecule has 1 saturated heterocycles. The van der Waals surface area contributed by atoms with Crippen LogP contribution in [0.25, 0.3) is 0 Å². The second-order valence-corrected chi connectivity index (χ2v) is 4.72. The van der Waals surface area contributed by atoms with Gasteiger partial charge in [-0.1, -0.05) is 0 Å². The molecular formula is C14H19N3. The van der Waals surface area contributed by atoms with Crippen LogP contribution in [0.5, 0.6) is 0 Å². The first kappa shape index (κ1) is 11.9. The molecule has 1 heterocycles. The first-order chi connectivity index (χ1) is 8.22. The van der Waals surface area contributed by atoms with Crippen molar-refractivity contribution in [2.45, 2.75) is 25.8 Å². The summed E-state index contributed by atoms with van der Waals surface area (Å²) in [6.45, 7) is 4.18. The van der Waals surface area contributed by atoms with Gasteiger partial charge in [-0.15, -0.1) is 0 Å². The maximum absolute atomic E-state index is 8.92. The van der Waals surface area contributed by atoms with Gasteiger partial charge >= 0.3 is 0 Å². The molecule has 1 N–H and O–H groups in total. The molecule has 0 amide bonds. The molecule has 1 aliphatic heterocycles. The van der Waals surface area contributed by atoms with Crippen LogP contribution in [-0.4, -0.2) is 26.2 Å². The minimum absolute atomic E-state index is 0.566. The number of likely N-dealkylation sites (N-methyl/N-ethyl adjacent to an activating group) is 1. The van der Waals surface area contributed by atoms with Crippen molar-refractivity contribution >= 4 is 5.69 Å². The summed E-state index contributed by atoms with van der Waals surface area (Å²) in [4.78, 5) is 2.32. The molecule has 3 heteroatoms. The molecule has 0 aliphatic carbocycles. The molecule has 0 bridgehead atoms. The monoisotopic (exact) mass is 229 g/mol. The number of nitrogens with one attached hydrogen (secondary N) is 1. The van der Waals surface area contributed by atoms with Crippen molar-refractivity contribution < 1.29 is 0 Å². The van der Waals surface area contributed by atoms with E-state index < -0.39 is 0 Å². The average molecular weight is 229 g/mol. The van der Waals surface area contributed by atoms with Gasteiger partial charge in [0.1, 0.15) is 0 Å².